The van der Waals surface area contributed by atoms with Crippen molar-refractivity contribution in [3.8, 4) is 0 Å². The Morgan fingerprint density at radius 1 is 1.53 bits per heavy atom. The summed E-state index contributed by atoms with van der Waals surface area (Å²) in [6.45, 7) is 10.7. The Morgan fingerprint density at radius 3 is 2.89 bits per heavy atom. The van der Waals surface area contributed by atoms with Crippen LogP contribution in [-0.2, 0) is 6.54 Å². The maximum absolute atomic E-state index is 9.54. The highest BCUT2D eigenvalue weighted by atomic mass is 16.5. The molecule has 0 radical (unpaired) electrons. The molecule has 2 atom stereocenters. The first-order valence-corrected chi connectivity index (χ1v) is 7.15. The highest BCUT2D eigenvalue weighted by Gasteiger charge is 2.26. The van der Waals surface area contributed by atoms with Gasteiger partial charge in [-0.15, -0.1) is 0 Å². The summed E-state index contributed by atoms with van der Waals surface area (Å²) in [6.07, 6.45) is 0.857. The van der Waals surface area contributed by atoms with Gasteiger partial charge in [-0.25, -0.2) is 0 Å². The van der Waals surface area contributed by atoms with Gasteiger partial charge in [0.15, 0.2) is 5.76 Å². The number of rotatable bonds is 5. The van der Waals surface area contributed by atoms with Gasteiger partial charge in [0.05, 0.1) is 18.3 Å². The van der Waals surface area contributed by atoms with Gasteiger partial charge in [0.25, 0.3) is 0 Å². The van der Waals surface area contributed by atoms with Gasteiger partial charge in [0.1, 0.15) is 0 Å². The number of nitrogens with zero attached hydrogens (tertiary/aromatic N) is 3. The summed E-state index contributed by atoms with van der Waals surface area (Å²) in [5.74, 6) is 0.941. The summed E-state index contributed by atoms with van der Waals surface area (Å²) >= 11 is 0. The average molecular weight is 267 g/mol. The third-order valence-electron chi connectivity index (χ3n) is 3.71. The van der Waals surface area contributed by atoms with Crippen molar-refractivity contribution in [2.45, 2.75) is 45.9 Å². The Labute approximate surface area is 115 Å². The van der Waals surface area contributed by atoms with Crippen LogP contribution in [0.2, 0.25) is 0 Å². The molecular formula is C14H25N3O2. The van der Waals surface area contributed by atoms with Crippen LogP contribution < -0.4 is 0 Å². The topological polar surface area (TPSA) is 52.7 Å². The first-order valence-electron chi connectivity index (χ1n) is 7.15. The maximum atomic E-state index is 9.54. The molecule has 1 aromatic heterocycles. The van der Waals surface area contributed by atoms with E-state index in [4.69, 9.17) is 4.52 Å². The lowest BCUT2D eigenvalue weighted by molar-refractivity contribution is 0.0308. The molecule has 19 heavy (non-hydrogen) atoms. The van der Waals surface area contributed by atoms with Crippen molar-refractivity contribution < 1.29 is 9.63 Å². The molecule has 1 aromatic rings. The van der Waals surface area contributed by atoms with Gasteiger partial charge in [-0.2, -0.15) is 0 Å². The number of piperazine rings is 1. The molecule has 0 spiro atoms. The quantitative estimate of drug-likeness (QED) is 0.870. The SMILES string of the molecule is CC[C@H]1CN(Cc2cc(C)no2)CCN1C[C@@H](C)O. The Morgan fingerprint density at radius 2 is 2.32 bits per heavy atom. The summed E-state index contributed by atoms with van der Waals surface area (Å²) in [6, 6.07) is 2.52. The van der Waals surface area contributed by atoms with Crippen LogP contribution >= 0.6 is 0 Å². The van der Waals surface area contributed by atoms with Crippen LogP contribution in [0.4, 0.5) is 0 Å². The molecule has 108 valence electrons. The second-order valence-corrected chi connectivity index (χ2v) is 5.58. The van der Waals surface area contributed by atoms with Crippen LogP contribution in [-0.4, -0.2) is 58.4 Å². The largest absolute Gasteiger partial charge is 0.392 e. The van der Waals surface area contributed by atoms with E-state index in [-0.39, 0.29) is 6.10 Å². The fourth-order valence-electron chi connectivity index (χ4n) is 2.78. The summed E-state index contributed by atoms with van der Waals surface area (Å²) in [7, 11) is 0. The van der Waals surface area contributed by atoms with E-state index in [1.165, 1.54) is 0 Å². The van der Waals surface area contributed by atoms with E-state index in [1.807, 2.05) is 19.9 Å². The summed E-state index contributed by atoms with van der Waals surface area (Å²) in [4.78, 5) is 4.81. The van der Waals surface area contributed by atoms with Gasteiger partial charge in [0.2, 0.25) is 0 Å². The smallest absolute Gasteiger partial charge is 0.150 e. The lowest BCUT2D eigenvalue weighted by Gasteiger charge is -2.41. The van der Waals surface area contributed by atoms with Crippen molar-refractivity contribution in [3.05, 3.63) is 17.5 Å². The van der Waals surface area contributed by atoms with Crippen LogP contribution in [0.15, 0.2) is 10.6 Å². The summed E-state index contributed by atoms with van der Waals surface area (Å²) in [5, 5.41) is 13.5. The molecule has 5 nitrogen and oxygen atoms in total. The van der Waals surface area contributed by atoms with Crippen molar-refractivity contribution in [2.75, 3.05) is 26.2 Å². The molecule has 2 heterocycles. The highest BCUT2D eigenvalue weighted by molar-refractivity contribution is 5.03. The zero-order valence-electron chi connectivity index (χ0n) is 12.2. The number of aliphatic hydroxyl groups excluding tert-OH is 1. The molecule has 1 aliphatic rings. The molecule has 0 amide bonds. The van der Waals surface area contributed by atoms with E-state index in [0.717, 1.165) is 50.6 Å². The van der Waals surface area contributed by atoms with Gasteiger partial charge < -0.3 is 9.63 Å². The second-order valence-electron chi connectivity index (χ2n) is 5.58. The van der Waals surface area contributed by atoms with E-state index < -0.39 is 0 Å². The van der Waals surface area contributed by atoms with Gasteiger partial charge in [-0.3, -0.25) is 9.80 Å². The molecule has 5 heteroatoms. The van der Waals surface area contributed by atoms with Crippen LogP contribution in [0.3, 0.4) is 0 Å². The van der Waals surface area contributed by atoms with E-state index in [0.29, 0.717) is 6.04 Å². The highest BCUT2D eigenvalue weighted by Crippen LogP contribution is 2.16. The number of aromatic nitrogens is 1. The fraction of sp³-hybridized carbons (Fsp3) is 0.786. The lowest BCUT2D eigenvalue weighted by atomic mass is 10.1. The Balaban J connectivity index is 1.89. The molecule has 1 saturated heterocycles. The molecule has 1 N–H and O–H groups in total. The predicted octanol–water partition coefficient (Wildman–Crippen LogP) is 1.26. The molecule has 0 saturated carbocycles. The first kappa shape index (κ1) is 14.5. The van der Waals surface area contributed by atoms with Gasteiger partial charge in [-0.1, -0.05) is 12.1 Å². The first-order chi connectivity index (χ1) is 9.08. The van der Waals surface area contributed by atoms with Crippen molar-refractivity contribution in [3.63, 3.8) is 0 Å². The lowest BCUT2D eigenvalue weighted by Crippen LogP contribution is -2.54. The van der Waals surface area contributed by atoms with Crippen LogP contribution in [0.5, 0.6) is 0 Å². The number of hydrogen-bond acceptors (Lipinski definition) is 5. The molecular weight excluding hydrogens is 242 g/mol. The summed E-state index contributed by atoms with van der Waals surface area (Å²) < 4.78 is 5.28. The molecule has 1 fully saturated rings. The standard InChI is InChI=1S/C14H25N3O2/c1-4-13-9-16(5-6-17(13)8-12(3)18)10-14-7-11(2)15-19-14/h7,12-13,18H,4-6,8-10H2,1-3H3/t12-,13+/m1/s1. The third kappa shape index (κ3) is 4.03. The number of aliphatic hydroxyl groups is 1. The van der Waals surface area contributed by atoms with Gasteiger partial charge in [0, 0.05) is 38.3 Å². The molecule has 0 aromatic carbocycles. The molecule has 1 aliphatic heterocycles. The zero-order chi connectivity index (χ0) is 13.8. The van der Waals surface area contributed by atoms with Crippen LogP contribution in [0.25, 0.3) is 0 Å². The van der Waals surface area contributed by atoms with E-state index in [1.54, 1.807) is 0 Å². The van der Waals surface area contributed by atoms with Crippen LogP contribution in [0.1, 0.15) is 31.7 Å². The van der Waals surface area contributed by atoms with Crippen LogP contribution in [0, 0.1) is 6.92 Å². The molecule has 2 rings (SSSR count). The molecule has 0 aliphatic carbocycles. The summed E-state index contributed by atoms with van der Waals surface area (Å²) in [5.41, 5.74) is 0.940. The third-order valence-corrected chi connectivity index (χ3v) is 3.71. The fourth-order valence-corrected chi connectivity index (χ4v) is 2.78. The molecule has 0 unspecified atom stereocenters. The normalized spacial score (nSPS) is 23.7. The van der Waals surface area contributed by atoms with Crippen molar-refractivity contribution in [1.82, 2.24) is 15.0 Å². The Bertz CT molecular complexity index is 392. The maximum Gasteiger partial charge on any atom is 0.150 e. The second kappa shape index (κ2) is 6.50. The van der Waals surface area contributed by atoms with Gasteiger partial charge in [-0.05, 0) is 20.3 Å². The average Bonchev–Trinajstić information content (AvgIpc) is 2.76. The Kier molecular flexibility index (Phi) is 4.96. The van der Waals surface area contributed by atoms with Crippen molar-refractivity contribution in [1.29, 1.82) is 0 Å². The number of aryl methyl sites for hydroxylation is 1. The monoisotopic (exact) mass is 267 g/mol. The zero-order valence-corrected chi connectivity index (χ0v) is 12.2. The van der Waals surface area contributed by atoms with Crippen molar-refractivity contribution >= 4 is 0 Å². The van der Waals surface area contributed by atoms with Gasteiger partial charge >= 0.3 is 0 Å². The van der Waals surface area contributed by atoms with E-state index >= 15 is 0 Å². The minimum absolute atomic E-state index is 0.252. The number of β-amino-alcohol motifs (C(OH)–C–C–N with tert-alkyl or cyclic N) is 1. The van der Waals surface area contributed by atoms with E-state index in [2.05, 4.69) is 21.9 Å². The minimum Gasteiger partial charge on any atom is -0.392 e. The minimum atomic E-state index is -0.252. The van der Waals surface area contributed by atoms with E-state index in [9.17, 15) is 5.11 Å². The Hall–Kier alpha value is -0.910. The van der Waals surface area contributed by atoms with Crippen molar-refractivity contribution in [2.24, 2.45) is 0 Å². The molecule has 0 bridgehead atoms. The number of hydrogen-bond donors (Lipinski definition) is 1. The predicted molar refractivity (Wildman–Crippen MR) is 73.8 cm³/mol.